The zero-order valence-electron chi connectivity index (χ0n) is 12.1. The van der Waals surface area contributed by atoms with Crippen LogP contribution < -0.4 is 4.90 Å². The molecule has 1 rings (SSSR count). The topological polar surface area (TPSA) is 91.8 Å². The molecule has 6 nitrogen and oxygen atoms in total. The quantitative estimate of drug-likeness (QED) is 0.817. The van der Waals surface area contributed by atoms with E-state index in [1.807, 2.05) is 19.1 Å². The molecule has 116 valence electrons. The third kappa shape index (κ3) is 6.40. The Morgan fingerprint density at radius 1 is 1.14 bits per heavy atom. The zero-order chi connectivity index (χ0) is 16.0. The lowest BCUT2D eigenvalue weighted by Gasteiger charge is -2.22. The van der Waals surface area contributed by atoms with E-state index in [0.29, 0.717) is 5.69 Å². The van der Waals surface area contributed by atoms with Gasteiger partial charge in [0.2, 0.25) is 5.91 Å². The maximum atomic E-state index is 12.2. The van der Waals surface area contributed by atoms with Crippen LogP contribution in [0, 0.1) is 6.92 Å². The van der Waals surface area contributed by atoms with Gasteiger partial charge in [0.05, 0.1) is 12.2 Å². The number of carboxylic acid groups (broad SMARTS) is 1. The fraction of sp³-hybridized carbons (Fsp3) is 0.429. The van der Waals surface area contributed by atoms with Crippen LogP contribution in [0.1, 0.15) is 18.4 Å². The van der Waals surface area contributed by atoms with E-state index in [-0.39, 0.29) is 25.1 Å². The second-order valence-corrected chi connectivity index (χ2v) is 7.16. The summed E-state index contributed by atoms with van der Waals surface area (Å²) in [5, 5.41) is 8.76. The first-order chi connectivity index (χ1) is 9.69. The molecule has 0 aromatic heterocycles. The van der Waals surface area contributed by atoms with Crippen molar-refractivity contribution in [2.45, 2.75) is 19.8 Å². The van der Waals surface area contributed by atoms with Gasteiger partial charge in [0.25, 0.3) is 0 Å². The molecule has 1 amide bonds. The molecule has 0 saturated carbocycles. The minimum Gasteiger partial charge on any atom is -0.481 e. The summed E-state index contributed by atoms with van der Waals surface area (Å²) in [4.78, 5) is 24.2. The molecule has 0 radical (unpaired) electrons. The van der Waals surface area contributed by atoms with Gasteiger partial charge in [-0.3, -0.25) is 9.59 Å². The first-order valence-electron chi connectivity index (χ1n) is 6.45. The highest BCUT2D eigenvalue weighted by molar-refractivity contribution is 7.90. The molecule has 0 fully saturated rings. The molecule has 1 N–H and O–H groups in total. The summed E-state index contributed by atoms with van der Waals surface area (Å²) in [5.74, 6) is -1.66. The molecule has 0 aliphatic carbocycles. The van der Waals surface area contributed by atoms with Gasteiger partial charge in [0, 0.05) is 24.9 Å². The highest BCUT2D eigenvalue weighted by Crippen LogP contribution is 2.17. The monoisotopic (exact) mass is 313 g/mol. The van der Waals surface area contributed by atoms with Gasteiger partial charge in [-0.05, 0) is 19.1 Å². The van der Waals surface area contributed by atoms with Gasteiger partial charge in [-0.25, -0.2) is 8.42 Å². The first-order valence-corrected chi connectivity index (χ1v) is 8.51. The second kappa shape index (κ2) is 7.21. The van der Waals surface area contributed by atoms with Crippen molar-refractivity contribution in [1.29, 1.82) is 0 Å². The molecule has 0 bridgehead atoms. The number of rotatable bonds is 7. The van der Waals surface area contributed by atoms with Crippen LogP contribution in [0.3, 0.4) is 0 Å². The Morgan fingerprint density at radius 2 is 1.71 bits per heavy atom. The van der Waals surface area contributed by atoms with Gasteiger partial charge < -0.3 is 10.0 Å². The van der Waals surface area contributed by atoms with Crippen LogP contribution in [0.5, 0.6) is 0 Å². The van der Waals surface area contributed by atoms with Crippen molar-refractivity contribution in [3.63, 3.8) is 0 Å². The Hall–Kier alpha value is -1.89. The smallest absolute Gasteiger partial charge is 0.305 e. The molecule has 0 aliphatic rings. The lowest BCUT2D eigenvalue weighted by Crippen LogP contribution is -2.34. The van der Waals surface area contributed by atoms with E-state index < -0.39 is 21.7 Å². The SMILES string of the molecule is Cc1ccc(N(CCC(=O)O)C(=O)CCS(C)(=O)=O)cc1. The van der Waals surface area contributed by atoms with E-state index in [4.69, 9.17) is 5.11 Å². The molecule has 0 saturated heterocycles. The Balaban J connectivity index is 2.88. The molecule has 0 spiro atoms. The van der Waals surface area contributed by atoms with Gasteiger partial charge in [-0.15, -0.1) is 0 Å². The molecule has 0 atom stereocenters. The van der Waals surface area contributed by atoms with E-state index in [2.05, 4.69) is 0 Å². The Bertz CT molecular complexity index is 607. The predicted octanol–water partition coefficient (Wildman–Crippen LogP) is 1.24. The second-order valence-electron chi connectivity index (χ2n) is 4.90. The summed E-state index contributed by atoms with van der Waals surface area (Å²) >= 11 is 0. The summed E-state index contributed by atoms with van der Waals surface area (Å²) in [6, 6.07) is 7.06. The molecule has 21 heavy (non-hydrogen) atoms. The molecule has 0 aliphatic heterocycles. The number of aliphatic carboxylic acids is 1. The lowest BCUT2D eigenvalue weighted by atomic mass is 10.2. The van der Waals surface area contributed by atoms with Crippen LogP contribution in [0.2, 0.25) is 0 Å². The number of aryl methyl sites for hydroxylation is 1. The fourth-order valence-corrected chi connectivity index (χ4v) is 2.28. The molecule has 1 aromatic carbocycles. The highest BCUT2D eigenvalue weighted by atomic mass is 32.2. The predicted molar refractivity (Wildman–Crippen MR) is 80.1 cm³/mol. The number of anilines is 1. The van der Waals surface area contributed by atoms with E-state index in [1.54, 1.807) is 12.1 Å². The normalized spacial score (nSPS) is 11.1. The number of nitrogens with zero attached hydrogens (tertiary/aromatic N) is 1. The average molecular weight is 313 g/mol. The van der Waals surface area contributed by atoms with Gasteiger partial charge in [0.1, 0.15) is 9.84 Å². The fourth-order valence-electron chi connectivity index (χ4n) is 1.74. The molecular weight excluding hydrogens is 294 g/mol. The lowest BCUT2D eigenvalue weighted by molar-refractivity contribution is -0.136. The highest BCUT2D eigenvalue weighted by Gasteiger charge is 2.18. The maximum absolute atomic E-state index is 12.2. The average Bonchev–Trinajstić information content (AvgIpc) is 2.37. The van der Waals surface area contributed by atoms with Crippen molar-refractivity contribution in [3.8, 4) is 0 Å². The maximum Gasteiger partial charge on any atom is 0.305 e. The first kappa shape index (κ1) is 17.2. The number of hydrogen-bond acceptors (Lipinski definition) is 4. The van der Waals surface area contributed by atoms with Crippen LogP contribution in [0.4, 0.5) is 5.69 Å². The molecular formula is C14H19NO5S. The van der Waals surface area contributed by atoms with E-state index in [0.717, 1.165) is 11.8 Å². The van der Waals surface area contributed by atoms with Gasteiger partial charge >= 0.3 is 5.97 Å². The Morgan fingerprint density at radius 3 is 2.19 bits per heavy atom. The van der Waals surface area contributed by atoms with Crippen LogP contribution in [-0.2, 0) is 19.4 Å². The Labute approximate surface area is 124 Å². The van der Waals surface area contributed by atoms with Crippen molar-refractivity contribution in [1.82, 2.24) is 0 Å². The van der Waals surface area contributed by atoms with Crippen LogP contribution >= 0.6 is 0 Å². The third-order valence-electron chi connectivity index (χ3n) is 2.88. The van der Waals surface area contributed by atoms with Crippen molar-refractivity contribution < 1.29 is 23.1 Å². The van der Waals surface area contributed by atoms with Crippen LogP contribution in [-0.4, -0.2) is 44.0 Å². The van der Waals surface area contributed by atoms with Gasteiger partial charge in [-0.1, -0.05) is 17.7 Å². The standard InChI is InChI=1S/C14H19NO5S/c1-11-3-5-12(6-4-11)15(9-7-14(17)18)13(16)8-10-21(2,19)20/h3-6H,7-10H2,1-2H3,(H,17,18). The van der Waals surface area contributed by atoms with E-state index in [1.165, 1.54) is 4.90 Å². The third-order valence-corrected chi connectivity index (χ3v) is 3.83. The largest absolute Gasteiger partial charge is 0.481 e. The van der Waals surface area contributed by atoms with Crippen molar-refractivity contribution in [3.05, 3.63) is 29.8 Å². The summed E-state index contributed by atoms with van der Waals surface area (Å²) in [6.07, 6.45) is 0.707. The van der Waals surface area contributed by atoms with E-state index >= 15 is 0 Å². The summed E-state index contributed by atoms with van der Waals surface area (Å²) in [6.45, 7) is 1.91. The van der Waals surface area contributed by atoms with Crippen LogP contribution in [0.25, 0.3) is 0 Å². The number of benzene rings is 1. The minimum absolute atomic E-state index is 0.0149. The number of amides is 1. The molecule has 0 unspecified atom stereocenters. The van der Waals surface area contributed by atoms with Gasteiger partial charge in [0.15, 0.2) is 0 Å². The Kier molecular flexibility index (Phi) is 5.90. The minimum atomic E-state index is -3.24. The molecule has 1 aromatic rings. The van der Waals surface area contributed by atoms with Crippen LogP contribution in [0.15, 0.2) is 24.3 Å². The van der Waals surface area contributed by atoms with Crippen molar-refractivity contribution in [2.24, 2.45) is 0 Å². The number of carbonyl (C=O) groups excluding carboxylic acids is 1. The number of hydrogen-bond donors (Lipinski definition) is 1. The van der Waals surface area contributed by atoms with Crippen molar-refractivity contribution in [2.75, 3.05) is 23.5 Å². The molecule has 0 heterocycles. The summed E-state index contributed by atoms with van der Waals surface area (Å²) in [7, 11) is -3.24. The number of carbonyl (C=O) groups is 2. The number of sulfone groups is 1. The number of carboxylic acids is 1. The summed E-state index contributed by atoms with van der Waals surface area (Å²) in [5.41, 5.74) is 1.58. The van der Waals surface area contributed by atoms with Gasteiger partial charge in [-0.2, -0.15) is 0 Å². The zero-order valence-corrected chi connectivity index (χ0v) is 12.9. The summed E-state index contributed by atoms with van der Waals surface area (Å²) < 4.78 is 22.3. The van der Waals surface area contributed by atoms with Crippen molar-refractivity contribution >= 4 is 27.4 Å². The molecule has 7 heteroatoms. The van der Waals surface area contributed by atoms with E-state index in [9.17, 15) is 18.0 Å².